The molecule has 1 aliphatic heterocycles. The van der Waals surface area contributed by atoms with Crippen LogP contribution in [0.2, 0.25) is 0 Å². The van der Waals surface area contributed by atoms with E-state index in [0.29, 0.717) is 23.5 Å². The zero-order chi connectivity index (χ0) is 18.9. The van der Waals surface area contributed by atoms with Crippen molar-refractivity contribution >= 4 is 23.2 Å². The molecular weight excluding hydrogens is 328 g/mol. The van der Waals surface area contributed by atoms with E-state index in [1.165, 1.54) is 0 Å². The second-order valence-corrected chi connectivity index (χ2v) is 7.49. The fraction of sp³-hybridized carbons (Fsp3) is 0.333. The summed E-state index contributed by atoms with van der Waals surface area (Å²) < 4.78 is 5.16. The summed E-state index contributed by atoms with van der Waals surface area (Å²) in [6.07, 6.45) is 0.835. The summed E-state index contributed by atoms with van der Waals surface area (Å²) in [7, 11) is 1.57. The van der Waals surface area contributed by atoms with Gasteiger partial charge in [0.25, 0.3) is 5.91 Å². The van der Waals surface area contributed by atoms with Gasteiger partial charge in [0.1, 0.15) is 5.75 Å². The van der Waals surface area contributed by atoms with E-state index >= 15 is 0 Å². The molecule has 0 aromatic heterocycles. The Kier molecular flexibility index (Phi) is 4.72. The molecule has 0 aliphatic carbocycles. The molecular formula is C21H24N2O3. The summed E-state index contributed by atoms with van der Waals surface area (Å²) in [4.78, 5) is 27.0. The number of fused-ring (bicyclic) bond motifs is 1. The van der Waals surface area contributed by atoms with Crippen molar-refractivity contribution in [2.75, 3.05) is 23.9 Å². The van der Waals surface area contributed by atoms with Crippen molar-refractivity contribution in [3.05, 3.63) is 53.6 Å². The lowest BCUT2D eigenvalue weighted by Crippen LogP contribution is -2.38. The molecule has 0 radical (unpaired) electrons. The van der Waals surface area contributed by atoms with Crippen LogP contribution < -0.4 is 15.0 Å². The monoisotopic (exact) mass is 352 g/mol. The number of rotatable bonds is 3. The lowest BCUT2D eigenvalue weighted by atomic mass is 9.94. The van der Waals surface area contributed by atoms with Gasteiger partial charge < -0.3 is 15.0 Å². The summed E-state index contributed by atoms with van der Waals surface area (Å²) in [5.74, 6) is 0.511. The SMILES string of the molecule is COc1cccc(C(=O)Nc2ccc3c(c2)N(C(=O)C(C)(C)C)CC3)c1. The van der Waals surface area contributed by atoms with Gasteiger partial charge in [-0.25, -0.2) is 0 Å². The van der Waals surface area contributed by atoms with Gasteiger partial charge in [-0.05, 0) is 42.3 Å². The van der Waals surface area contributed by atoms with Gasteiger partial charge in [-0.15, -0.1) is 0 Å². The molecule has 1 aliphatic rings. The molecule has 0 saturated heterocycles. The minimum Gasteiger partial charge on any atom is -0.497 e. The first kappa shape index (κ1) is 18.0. The molecule has 0 bridgehead atoms. The van der Waals surface area contributed by atoms with Crippen molar-refractivity contribution in [3.8, 4) is 5.75 Å². The van der Waals surface area contributed by atoms with Crippen LogP contribution in [0.25, 0.3) is 0 Å². The number of amides is 2. The molecule has 0 spiro atoms. The lowest BCUT2D eigenvalue weighted by Gasteiger charge is -2.26. The molecule has 2 amide bonds. The Labute approximate surface area is 154 Å². The Morgan fingerprint density at radius 2 is 1.88 bits per heavy atom. The third-order valence-corrected chi connectivity index (χ3v) is 4.46. The zero-order valence-corrected chi connectivity index (χ0v) is 15.6. The highest BCUT2D eigenvalue weighted by molar-refractivity contribution is 6.05. The number of nitrogens with one attached hydrogen (secondary N) is 1. The average molecular weight is 352 g/mol. The average Bonchev–Trinajstić information content (AvgIpc) is 3.03. The van der Waals surface area contributed by atoms with Gasteiger partial charge in [0.05, 0.1) is 7.11 Å². The van der Waals surface area contributed by atoms with Crippen LogP contribution in [0.5, 0.6) is 5.75 Å². The molecule has 2 aromatic rings. The van der Waals surface area contributed by atoms with E-state index in [4.69, 9.17) is 4.74 Å². The Balaban J connectivity index is 1.83. The van der Waals surface area contributed by atoms with Gasteiger partial charge in [-0.3, -0.25) is 9.59 Å². The maximum atomic E-state index is 12.7. The van der Waals surface area contributed by atoms with Gasteiger partial charge in [-0.1, -0.05) is 32.9 Å². The Morgan fingerprint density at radius 3 is 2.58 bits per heavy atom. The first-order valence-corrected chi connectivity index (χ1v) is 8.70. The number of anilines is 2. The summed E-state index contributed by atoms with van der Waals surface area (Å²) in [5, 5.41) is 2.91. The fourth-order valence-electron chi connectivity index (χ4n) is 3.04. The predicted octanol–water partition coefficient (Wildman–Crippen LogP) is 3.88. The summed E-state index contributed by atoms with van der Waals surface area (Å²) in [6, 6.07) is 12.7. The second-order valence-electron chi connectivity index (χ2n) is 7.49. The fourth-order valence-corrected chi connectivity index (χ4v) is 3.04. The van der Waals surface area contributed by atoms with Crippen molar-refractivity contribution < 1.29 is 14.3 Å². The standard InChI is InChI=1S/C21H24N2O3/c1-21(2,3)20(25)23-11-10-14-8-9-16(13-18(14)23)22-19(24)15-6-5-7-17(12-15)26-4/h5-9,12-13H,10-11H2,1-4H3,(H,22,24). The van der Waals surface area contributed by atoms with Crippen molar-refractivity contribution in [1.82, 2.24) is 0 Å². The van der Waals surface area contributed by atoms with Crippen LogP contribution >= 0.6 is 0 Å². The molecule has 0 unspecified atom stereocenters. The number of methoxy groups -OCH3 is 1. The molecule has 3 rings (SSSR count). The first-order valence-electron chi connectivity index (χ1n) is 8.70. The molecule has 1 heterocycles. The van der Waals surface area contributed by atoms with E-state index < -0.39 is 5.41 Å². The minimum atomic E-state index is -0.443. The third kappa shape index (κ3) is 3.57. The van der Waals surface area contributed by atoms with Gasteiger partial charge >= 0.3 is 0 Å². The van der Waals surface area contributed by atoms with Crippen LogP contribution in [0.3, 0.4) is 0 Å². The van der Waals surface area contributed by atoms with E-state index in [1.54, 1.807) is 31.4 Å². The molecule has 5 heteroatoms. The van der Waals surface area contributed by atoms with Crippen LogP contribution in [0, 0.1) is 5.41 Å². The Morgan fingerprint density at radius 1 is 1.12 bits per heavy atom. The molecule has 0 saturated carbocycles. The Bertz CT molecular complexity index is 853. The highest BCUT2D eigenvalue weighted by Gasteiger charge is 2.32. The zero-order valence-electron chi connectivity index (χ0n) is 15.6. The van der Waals surface area contributed by atoms with Crippen molar-refractivity contribution in [2.24, 2.45) is 5.41 Å². The summed E-state index contributed by atoms with van der Waals surface area (Å²) in [6.45, 7) is 6.43. The van der Waals surface area contributed by atoms with E-state index in [-0.39, 0.29) is 11.8 Å². The molecule has 5 nitrogen and oxygen atoms in total. The molecule has 2 aromatic carbocycles. The normalized spacial score (nSPS) is 13.3. The number of carbonyl (C=O) groups excluding carboxylic acids is 2. The number of hydrogen-bond donors (Lipinski definition) is 1. The summed E-state index contributed by atoms with van der Waals surface area (Å²) in [5.41, 5.74) is 2.76. The quantitative estimate of drug-likeness (QED) is 0.912. The maximum Gasteiger partial charge on any atom is 0.255 e. The van der Waals surface area contributed by atoms with Crippen molar-refractivity contribution in [1.29, 1.82) is 0 Å². The largest absolute Gasteiger partial charge is 0.497 e. The first-order chi connectivity index (χ1) is 12.3. The maximum absolute atomic E-state index is 12.7. The topological polar surface area (TPSA) is 58.6 Å². The van der Waals surface area contributed by atoms with E-state index in [9.17, 15) is 9.59 Å². The second kappa shape index (κ2) is 6.83. The van der Waals surface area contributed by atoms with Crippen LogP contribution in [0.4, 0.5) is 11.4 Å². The van der Waals surface area contributed by atoms with Crippen molar-refractivity contribution in [2.45, 2.75) is 27.2 Å². The molecule has 26 heavy (non-hydrogen) atoms. The van der Waals surface area contributed by atoms with Gasteiger partial charge in [-0.2, -0.15) is 0 Å². The van der Waals surface area contributed by atoms with E-state index in [0.717, 1.165) is 17.7 Å². The predicted molar refractivity (Wildman–Crippen MR) is 103 cm³/mol. The van der Waals surface area contributed by atoms with Gasteiger partial charge in [0.15, 0.2) is 0 Å². The van der Waals surface area contributed by atoms with Crippen LogP contribution in [-0.4, -0.2) is 25.5 Å². The molecule has 0 fully saturated rings. The lowest BCUT2D eigenvalue weighted by molar-refractivity contribution is -0.125. The number of benzene rings is 2. The molecule has 136 valence electrons. The molecule has 1 N–H and O–H groups in total. The van der Waals surface area contributed by atoms with Crippen LogP contribution in [-0.2, 0) is 11.2 Å². The summed E-state index contributed by atoms with van der Waals surface area (Å²) >= 11 is 0. The molecule has 0 atom stereocenters. The number of ether oxygens (including phenoxy) is 1. The van der Waals surface area contributed by atoms with Gasteiger partial charge in [0, 0.05) is 28.9 Å². The number of carbonyl (C=O) groups is 2. The van der Waals surface area contributed by atoms with Crippen molar-refractivity contribution in [3.63, 3.8) is 0 Å². The number of hydrogen-bond acceptors (Lipinski definition) is 3. The highest BCUT2D eigenvalue weighted by atomic mass is 16.5. The highest BCUT2D eigenvalue weighted by Crippen LogP contribution is 2.34. The third-order valence-electron chi connectivity index (χ3n) is 4.46. The van der Waals surface area contributed by atoms with Crippen LogP contribution in [0.1, 0.15) is 36.7 Å². The number of nitrogens with zero attached hydrogens (tertiary/aromatic N) is 1. The smallest absolute Gasteiger partial charge is 0.255 e. The minimum absolute atomic E-state index is 0.0903. The van der Waals surface area contributed by atoms with E-state index in [1.807, 2.05) is 43.9 Å². The van der Waals surface area contributed by atoms with Crippen LogP contribution in [0.15, 0.2) is 42.5 Å². The van der Waals surface area contributed by atoms with E-state index in [2.05, 4.69) is 5.32 Å². The van der Waals surface area contributed by atoms with Gasteiger partial charge in [0.2, 0.25) is 5.91 Å². The Hall–Kier alpha value is -2.82.